The fourth-order valence-corrected chi connectivity index (χ4v) is 8.13. The molecule has 2 heterocycles. The standard InChI is InChI=1S/C29H24Cl2F3N3O6S2/c30-21-13-36-14-22(31)20(21)11-25(17-3-6-24(43-29(33)34)26(10-17)41-15-16-1-2-16)42-28(38)27-37(7-8-44-27)45(39,40)19-4-5-23(32)18(9-19)12-35/h3-6,9-10,13-14,16,25,27,29H,1-2,7-8,11,15H2. The lowest BCUT2D eigenvalue weighted by Crippen LogP contribution is -2.40. The molecule has 238 valence electrons. The van der Waals surface area contributed by atoms with Crippen LogP contribution in [0.3, 0.4) is 0 Å². The molecule has 0 radical (unpaired) electrons. The van der Waals surface area contributed by atoms with Crippen LogP contribution in [0.25, 0.3) is 0 Å². The maximum absolute atomic E-state index is 13.9. The smallest absolute Gasteiger partial charge is 0.387 e. The highest BCUT2D eigenvalue weighted by atomic mass is 35.5. The fraction of sp³-hybridized carbons (Fsp3) is 0.345. The minimum Gasteiger partial charge on any atom is -0.489 e. The molecular weight excluding hydrogens is 678 g/mol. The third kappa shape index (κ3) is 7.78. The van der Waals surface area contributed by atoms with Crippen molar-refractivity contribution in [1.82, 2.24) is 9.29 Å². The van der Waals surface area contributed by atoms with E-state index in [9.17, 15) is 31.6 Å². The van der Waals surface area contributed by atoms with Gasteiger partial charge in [-0.15, -0.1) is 11.8 Å². The number of carbonyl (C=O) groups is 1. The molecule has 2 unspecified atom stereocenters. The summed E-state index contributed by atoms with van der Waals surface area (Å²) in [6.45, 7) is -2.89. The van der Waals surface area contributed by atoms with Crippen LogP contribution in [0, 0.1) is 23.1 Å². The lowest BCUT2D eigenvalue weighted by atomic mass is 10.0. The topological polar surface area (TPSA) is 119 Å². The van der Waals surface area contributed by atoms with E-state index in [1.165, 1.54) is 30.6 Å². The van der Waals surface area contributed by atoms with Crippen molar-refractivity contribution >= 4 is 51.0 Å². The number of carbonyl (C=O) groups excluding carboxylic acids is 1. The summed E-state index contributed by atoms with van der Waals surface area (Å²) in [6, 6.07) is 8.48. The van der Waals surface area contributed by atoms with E-state index in [1.54, 1.807) is 6.07 Å². The number of halogens is 5. The highest BCUT2D eigenvalue weighted by Crippen LogP contribution is 2.39. The Bertz CT molecular complexity index is 1720. The SMILES string of the molecule is N#Cc1cc(S(=O)(=O)N2CCSC2C(=O)OC(Cc2c(Cl)cncc2Cl)c2ccc(OC(F)F)c(OCC3CC3)c2)ccc1F. The summed E-state index contributed by atoms with van der Waals surface area (Å²) >= 11 is 13.7. The van der Waals surface area contributed by atoms with Crippen molar-refractivity contribution in [2.75, 3.05) is 18.9 Å². The second-order valence-corrected chi connectivity index (χ2v) is 14.0. The van der Waals surface area contributed by atoms with Crippen LogP contribution in [0.5, 0.6) is 11.5 Å². The van der Waals surface area contributed by atoms with Gasteiger partial charge in [0.15, 0.2) is 16.9 Å². The number of nitrogens with zero attached hydrogens (tertiary/aromatic N) is 3. The Balaban J connectivity index is 1.47. The zero-order valence-corrected chi connectivity index (χ0v) is 26.3. The number of ether oxygens (including phenoxy) is 3. The average Bonchev–Trinajstić information content (AvgIpc) is 3.69. The number of sulfonamides is 1. The van der Waals surface area contributed by atoms with E-state index in [4.69, 9.17) is 32.7 Å². The number of esters is 1. The number of alkyl halides is 2. The zero-order chi connectivity index (χ0) is 32.3. The summed E-state index contributed by atoms with van der Waals surface area (Å²) in [6.07, 6.45) is 3.36. The second kappa shape index (κ2) is 14.0. The van der Waals surface area contributed by atoms with Crippen LogP contribution >= 0.6 is 35.0 Å². The molecule has 9 nitrogen and oxygen atoms in total. The van der Waals surface area contributed by atoms with Crippen LogP contribution in [0.1, 0.15) is 35.6 Å². The Labute approximate surface area is 271 Å². The largest absolute Gasteiger partial charge is 0.489 e. The molecule has 2 fully saturated rings. The molecule has 1 aliphatic carbocycles. The first-order valence-corrected chi connectivity index (χ1v) is 16.8. The van der Waals surface area contributed by atoms with Gasteiger partial charge in [-0.1, -0.05) is 29.3 Å². The molecule has 1 aliphatic heterocycles. The molecule has 5 rings (SSSR count). The zero-order valence-electron chi connectivity index (χ0n) is 23.2. The molecule has 2 aliphatic rings. The van der Waals surface area contributed by atoms with E-state index in [-0.39, 0.29) is 57.7 Å². The summed E-state index contributed by atoms with van der Waals surface area (Å²) in [4.78, 5) is 17.3. The fourth-order valence-electron chi connectivity index (χ4n) is 4.54. The third-order valence-corrected chi connectivity index (χ3v) is 10.9. The van der Waals surface area contributed by atoms with Gasteiger partial charge in [0.25, 0.3) is 0 Å². The van der Waals surface area contributed by atoms with E-state index in [1.807, 2.05) is 0 Å². The molecule has 0 spiro atoms. The first-order chi connectivity index (χ1) is 21.5. The molecule has 1 saturated heterocycles. The molecule has 3 aromatic rings. The van der Waals surface area contributed by atoms with Crippen molar-refractivity contribution in [1.29, 1.82) is 5.26 Å². The lowest BCUT2D eigenvalue weighted by molar-refractivity contribution is -0.150. The molecule has 16 heteroatoms. The average molecular weight is 703 g/mol. The Kier molecular flexibility index (Phi) is 10.3. The number of hydrogen-bond acceptors (Lipinski definition) is 9. The van der Waals surface area contributed by atoms with Gasteiger partial charge >= 0.3 is 12.6 Å². The van der Waals surface area contributed by atoms with Crippen molar-refractivity contribution in [2.24, 2.45) is 5.92 Å². The van der Waals surface area contributed by atoms with Gasteiger partial charge in [0, 0.05) is 31.1 Å². The minimum absolute atomic E-state index is 0.0109. The van der Waals surface area contributed by atoms with Crippen molar-refractivity contribution in [3.8, 4) is 17.6 Å². The van der Waals surface area contributed by atoms with Gasteiger partial charge in [0.05, 0.1) is 27.1 Å². The maximum Gasteiger partial charge on any atom is 0.387 e. The highest BCUT2D eigenvalue weighted by molar-refractivity contribution is 8.02. The number of pyridine rings is 1. The number of rotatable bonds is 12. The van der Waals surface area contributed by atoms with E-state index >= 15 is 0 Å². The molecule has 0 N–H and O–H groups in total. The lowest BCUT2D eigenvalue weighted by Gasteiger charge is -2.26. The number of aromatic nitrogens is 1. The number of benzene rings is 2. The third-order valence-electron chi connectivity index (χ3n) is 7.04. The van der Waals surface area contributed by atoms with Crippen LogP contribution in [0.4, 0.5) is 13.2 Å². The summed E-state index contributed by atoms with van der Waals surface area (Å²) < 4.78 is 84.4. The second-order valence-electron chi connectivity index (χ2n) is 10.1. The van der Waals surface area contributed by atoms with Gasteiger partial charge in [-0.05, 0) is 60.2 Å². The number of hydrogen-bond donors (Lipinski definition) is 0. The molecule has 2 aromatic carbocycles. The van der Waals surface area contributed by atoms with Gasteiger partial charge in [-0.3, -0.25) is 4.98 Å². The monoisotopic (exact) mass is 701 g/mol. The number of thioether (sulfide) groups is 1. The first-order valence-electron chi connectivity index (χ1n) is 13.5. The van der Waals surface area contributed by atoms with E-state index in [0.29, 0.717) is 11.1 Å². The minimum atomic E-state index is -4.35. The molecule has 0 bridgehead atoms. The maximum atomic E-state index is 13.9. The summed E-state index contributed by atoms with van der Waals surface area (Å²) in [5.74, 6) is -1.48. The van der Waals surface area contributed by atoms with Crippen molar-refractivity contribution in [3.05, 3.63) is 81.3 Å². The predicted molar refractivity (Wildman–Crippen MR) is 159 cm³/mol. The van der Waals surface area contributed by atoms with Crippen molar-refractivity contribution < 1.29 is 40.6 Å². The quantitative estimate of drug-likeness (QED) is 0.198. The molecule has 45 heavy (non-hydrogen) atoms. The first kappa shape index (κ1) is 33.2. The van der Waals surface area contributed by atoms with E-state index < -0.39 is 45.5 Å². The van der Waals surface area contributed by atoms with Crippen molar-refractivity contribution in [3.63, 3.8) is 0 Å². The summed E-state index contributed by atoms with van der Waals surface area (Å²) in [5.41, 5.74) is 0.222. The van der Waals surface area contributed by atoms with Crippen LogP contribution in [-0.4, -0.2) is 54.6 Å². The van der Waals surface area contributed by atoms with E-state index in [0.717, 1.165) is 47.1 Å². The Hall–Kier alpha value is -3.22. The van der Waals surface area contributed by atoms with Crippen LogP contribution in [0.15, 0.2) is 53.7 Å². The summed E-state index contributed by atoms with van der Waals surface area (Å²) in [5, 5.41) is 8.19. The summed E-state index contributed by atoms with van der Waals surface area (Å²) in [7, 11) is -4.35. The highest BCUT2D eigenvalue weighted by Gasteiger charge is 2.42. The predicted octanol–water partition coefficient (Wildman–Crippen LogP) is 6.38. The number of nitriles is 1. The normalized spacial score (nSPS) is 17.6. The van der Waals surface area contributed by atoms with Gasteiger partial charge in [-0.25, -0.2) is 17.6 Å². The van der Waals surface area contributed by atoms with E-state index in [2.05, 4.69) is 9.72 Å². The van der Waals surface area contributed by atoms with Crippen LogP contribution < -0.4 is 9.47 Å². The molecule has 2 atom stereocenters. The molecule has 0 amide bonds. The Morgan fingerprint density at radius 2 is 1.87 bits per heavy atom. The van der Waals surface area contributed by atoms with Gasteiger partial charge in [0.1, 0.15) is 18.0 Å². The molecular formula is C29H24Cl2F3N3O6S2. The molecule has 1 aromatic heterocycles. The Morgan fingerprint density at radius 1 is 1.13 bits per heavy atom. The molecule has 1 saturated carbocycles. The van der Waals surface area contributed by atoms with Crippen molar-refractivity contribution in [2.45, 2.75) is 42.2 Å². The van der Waals surface area contributed by atoms with Gasteiger partial charge in [-0.2, -0.15) is 18.3 Å². The van der Waals surface area contributed by atoms with Gasteiger partial charge < -0.3 is 14.2 Å². The van der Waals surface area contributed by atoms with Crippen LogP contribution in [-0.2, 0) is 26.0 Å². The van der Waals surface area contributed by atoms with Gasteiger partial charge in [0.2, 0.25) is 10.0 Å². The van der Waals surface area contributed by atoms with Crippen LogP contribution in [0.2, 0.25) is 10.0 Å². The Morgan fingerprint density at radius 3 is 2.53 bits per heavy atom.